The topological polar surface area (TPSA) is 81.2 Å². The maximum Gasteiger partial charge on any atom is 0.251 e. The first-order valence-electron chi connectivity index (χ1n) is 9.59. The molecule has 1 N–H and O–H groups in total. The highest BCUT2D eigenvalue weighted by atomic mass is 32.2. The number of amides is 1. The number of carbonyl (C=O) groups is 1. The number of hydrogen-bond acceptors (Lipinski definition) is 6. The molecule has 0 aliphatic rings. The molecule has 0 spiro atoms. The Morgan fingerprint density at radius 2 is 1.80 bits per heavy atom. The summed E-state index contributed by atoms with van der Waals surface area (Å²) >= 11 is 1.71. The maximum absolute atomic E-state index is 12.3. The molecule has 7 heteroatoms. The van der Waals surface area contributed by atoms with Crippen molar-refractivity contribution in [3.05, 3.63) is 83.8 Å². The van der Waals surface area contributed by atoms with Crippen LogP contribution in [0.3, 0.4) is 0 Å². The summed E-state index contributed by atoms with van der Waals surface area (Å²) in [5.41, 5.74) is 3.35. The maximum atomic E-state index is 12.3. The van der Waals surface area contributed by atoms with Gasteiger partial charge in [0, 0.05) is 29.0 Å². The molecule has 2 aromatic heterocycles. The van der Waals surface area contributed by atoms with Crippen molar-refractivity contribution in [2.75, 3.05) is 12.3 Å². The molecule has 0 saturated carbocycles. The summed E-state index contributed by atoms with van der Waals surface area (Å²) < 4.78 is 11.1. The number of hydrogen-bond donors (Lipinski definition) is 1. The van der Waals surface area contributed by atoms with Gasteiger partial charge in [-0.2, -0.15) is 11.8 Å². The lowest BCUT2D eigenvalue weighted by Gasteiger charge is -2.05. The predicted octanol–water partition coefficient (Wildman–Crippen LogP) is 4.97. The van der Waals surface area contributed by atoms with E-state index in [0.717, 1.165) is 34.0 Å². The Kier molecular flexibility index (Phi) is 6.29. The molecular weight excluding hydrogens is 398 g/mol. The third kappa shape index (κ3) is 4.80. The number of nitrogens with zero attached hydrogens (tertiary/aromatic N) is 2. The second-order valence-corrected chi connectivity index (χ2v) is 7.80. The molecule has 0 saturated heterocycles. The van der Waals surface area contributed by atoms with Gasteiger partial charge in [-0.15, -0.1) is 10.2 Å². The van der Waals surface area contributed by atoms with Gasteiger partial charge < -0.3 is 14.2 Å². The minimum atomic E-state index is -0.105. The Bertz CT molecular complexity index is 1100. The predicted molar refractivity (Wildman–Crippen MR) is 117 cm³/mol. The fourth-order valence-electron chi connectivity index (χ4n) is 2.93. The second-order valence-electron chi connectivity index (χ2n) is 6.69. The molecule has 0 unspecified atom stereocenters. The summed E-state index contributed by atoms with van der Waals surface area (Å²) in [6.07, 6.45) is 1.67. The lowest BCUT2D eigenvalue weighted by molar-refractivity contribution is 0.0956. The first-order chi connectivity index (χ1) is 14.7. The van der Waals surface area contributed by atoms with Gasteiger partial charge in [0.1, 0.15) is 5.76 Å². The Balaban J connectivity index is 1.31. The van der Waals surface area contributed by atoms with Crippen molar-refractivity contribution in [2.24, 2.45) is 0 Å². The van der Waals surface area contributed by atoms with Crippen LogP contribution < -0.4 is 5.32 Å². The fourth-order valence-corrected chi connectivity index (χ4v) is 3.69. The normalized spacial score (nSPS) is 10.8. The average Bonchev–Trinajstić information content (AvgIpc) is 3.46. The van der Waals surface area contributed by atoms with E-state index in [1.165, 1.54) is 0 Å². The zero-order chi connectivity index (χ0) is 20.8. The van der Waals surface area contributed by atoms with Crippen molar-refractivity contribution in [3.63, 3.8) is 0 Å². The first-order valence-corrected chi connectivity index (χ1v) is 10.7. The molecule has 4 rings (SSSR count). The number of nitrogens with one attached hydrogen (secondary N) is 1. The van der Waals surface area contributed by atoms with E-state index < -0.39 is 0 Å². The second kappa shape index (κ2) is 9.45. The number of furan rings is 1. The highest BCUT2D eigenvalue weighted by Gasteiger charge is 2.13. The van der Waals surface area contributed by atoms with Crippen LogP contribution in [0.5, 0.6) is 0 Å². The van der Waals surface area contributed by atoms with E-state index in [1.807, 2.05) is 55.5 Å². The van der Waals surface area contributed by atoms with Crippen LogP contribution in [0.15, 0.2) is 75.8 Å². The molecule has 2 heterocycles. The van der Waals surface area contributed by atoms with Gasteiger partial charge in [0.2, 0.25) is 11.8 Å². The first kappa shape index (κ1) is 20.0. The number of thioether (sulfide) groups is 1. The van der Waals surface area contributed by atoms with Gasteiger partial charge in [0.05, 0.1) is 12.0 Å². The van der Waals surface area contributed by atoms with Crippen LogP contribution in [0, 0.1) is 6.92 Å². The summed E-state index contributed by atoms with van der Waals surface area (Å²) in [4.78, 5) is 12.3. The van der Waals surface area contributed by atoms with Gasteiger partial charge >= 0.3 is 0 Å². The minimum absolute atomic E-state index is 0.105. The number of aromatic nitrogens is 2. The van der Waals surface area contributed by atoms with Crippen molar-refractivity contribution < 1.29 is 13.6 Å². The van der Waals surface area contributed by atoms with E-state index in [-0.39, 0.29) is 5.91 Å². The summed E-state index contributed by atoms with van der Waals surface area (Å²) in [6, 6.07) is 18.8. The van der Waals surface area contributed by atoms with E-state index in [4.69, 9.17) is 8.83 Å². The average molecular weight is 420 g/mol. The van der Waals surface area contributed by atoms with Gasteiger partial charge in [-0.05, 0) is 55.0 Å². The summed E-state index contributed by atoms with van der Waals surface area (Å²) in [7, 11) is 0. The highest BCUT2D eigenvalue weighted by molar-refractivity contribution is 7.98. The standard InChI is InChI=1S/C23H21N3O3S/c1-16-5-2-3-7-20(16)23-26-25-22(29-23)18-10-8-17(9-11-18)21(27)24-12-14-30-15-19-6-4-13-28-19/h2-11,13H,12,14-15H2,1H3,(H,24,27). The smallest absolute Gasteiger partial charge is 0.251 e. The van der Waals surface area contributed by atoms with E-state index in [0.29, 0.717) is 23.9 Å². The highest BCUT2D eigenvalue weighted by Crippen LogP contribution is 2.26. The van der Waals surface area contributed by atoms with Crippen molar-refractivity contribution in [3.8, 4) is 22.9 Å². The summed E-state index contributed by atoms with van der Waals surface area (Å²) in [5.74, 6) is 3.35. The van der Waals surface area contributed by atoms with Crippen molar-refractivity contribution in [2.45, 2.75) is 12.7 Å². The number of rotatable bonds is 8. The van der Waals surface area contributed by atoms with Crippen molar-refractivity contribution in [1.29, 1.82) is 0 Å². The minimum Gasteiger partial charge on any atom is -0.468 e. The Morgan fingerprint density at radius 1 is 1.00 bits per heavy atom. The van der Waals surface area contributed by atoms with E-state index >= 15 is 0 Å². The molecule has 30 heavy (non-hydrogen) atoms. The summed E-state index contributed by atoms with van der Waals surface area (Å²) in [5, 5.41) is 11.2. The van der Waals surface area contributed by atoms with Gasteiger partial charge in [-0.1, -0.05) is 18.2 Å². The molecule has 152 valence electrons. The lowest BCUT2D eigenvalue weighted by atomic mass is 10.1. The Labute approximate surface area is 178 Å². The van der Waals surface area contributed by atoms with Crippen molar-refractivity contribution in [1.82, 2.24) is 15.5 Å². The van der Waals surface area contributed by atoms with Gasteiger partial charge in [-0.25, -0.2) is 0 Å². The Morgan fingerprint density at radius 3 is 2.57 bits per heavy atom. The molecule has 0 aliphatic carbocycles. The van der Waals surface area contributed by atoms with Crippen LogP contribution in [0.2, 0.25) is 0 Å². The molecule has 6 nitrogen and oxygen atoms in total. The van der Waals surface area contributed by atoms with E-state index in [2.05, 4.69) is 15.5 Å². The van der Waals surface area contributed by atoms with Crippen LogP contribution in [-0.4, -0.2) is 28.4 Å². The zero-order valence-corrected chi connectivity index (χ0v) is 17.3. The molecule has 0 atom stereocenters. The molecule has 2 aromatic carbocycles. The van der Waals surface area contributed by atoms with Crippen molar-refractivity contribution >= 4 is 17.7 Å². The van der Waals surface area contributed by atoms with Crippen LogP contribution in [0.4, 0.5) is 0 Å². The molecule has 4 aromatic rings. The third-order valence-corrected chi connectivity index (χ3v) is 5.53. The molecule has 0 fully saturated rings. The molecular formula is C23H21N3O3S. The lowest BCUT2D eigenvalue weighted by Crippen LogP contribution is -2.25. The van der Waals surface area contributed by atoms with E-state index in [1.54, 1.807) is 30.2 Å². The largest absolute Gasteiger partial charge is 0.468 e. The van der Waals surface area contributed by atoms with E-state index in [9.17, 15) is 4.79 Å². The third-order valence-electron chi connectivity index (χ3n) is 4.55. The van der Waals surface area contributed by atoms with Gasteiger partial charge in [-0.3, -0.25) is 4.79 Å². The SMILES string of the molecule is Cc1ccccc1-c1nnc(-c2ccc(C(=O)NCCSCc3ccco3)cc2)o1. The van der Waals surface area contributed by atoms with Crippen LogP contribution in [0.1, 0.15) is 21.7 Å². The molecule has 0 radical (unpaired) electrons. The van der Waals surface area contributed by atoms with Gasteiger partial charge in [0.15, 0.2) is 0 Å². The van der Waals surface area contributed by atoms with Crippen LogP contribution >= 0.6 is 11.8 Å². The quantitative estimate of drug-likeness (QED) is 0.406. The molecule has 0 bridgehead atoms. The zero-order valence-electron chi connectivity index (χ0n) is 16.5. The number of benzene rings is 2. The van der Waals surface area contributed by atoms with Crippen LogP contribution in [-0.2, 0) is 5.75 Å². The number of carbonyl (C=O) groups excluding carboxylic acids is 1. The van der Waals surface area contributed by atoms with Crippen LogP contribution in [0.25, 0.3) is 22.9 Å². The molecule has 0 aliphatic heterocycles. The monoisotopic (exact) mass is 419 g/mol. The summed E-state index contributed by atoms with van der Waals surface area (Å²) in [6.45, 7) is 2.59. The van der Waals surface area contributed by atoms with Gasteiger partial charge in [0.25, 0.3) is 5.91 Å². The number of aryl methyl sites for hydroxylation is 1. The Hall–Kier alpha value is -3.32. The fraction of sp³-hybridized carbons (Fsp3) is 0.174. The molecule has 1 amide bonds.